The van der Waals surface area contributed by atoms with Gasteiger partial charge in [0.2, 0.25) is 12.5 Å². The Morgan fingerprint density at radius 2 is 1.73 bits per heavy atom. The van der Waals surface area contributed by atoms with E-state index in [0.717, 1.165) is 11.1 Å². The molecule has 5 rings (SSSR count). The summed E-state index contributed by atoms with van der Waals surface area (Å²) in [7, 11) is 4.57. The lowest BCUT2D eigenvalue weighted by Gasteiger charge is -2.38. The lowest BCUT2D eigenvalue weighted by atomic mass is 9.66. The fraction of sp³-hybridized carbons (Fsp3) is 0.409. The molecule has 30 heavy (non-hydrogen) atoms. The quantitative estimate of drug-likeness (QED) is 0.763. The molecule has 2 aromatic carbocycles. The summed E-state index contributed by atoms with van der Waals surface area (Å²) in [6, 6.07) is 7.42. The zero-order valence-corrected chi connectivity index (χ0v) is 16.8. The molecule has 1 aliphatic carbocycles. The van der Waals surface area contributed by atoms with Crippen molar-refractivity contribution in [3.63, 3.8) is 0 Å². The van der Waals surface area contributed by atoms with E-state index >= 15 is 0 Å². The topological polar surface area (TPSA) is 92.7 Å². The number of hydrogen-bond donors (Lipinski definition) is 1. The number of ether oxygens (including phenoxy) is 6. The van der Waals surface area contributed by atoms with Gasteiger partial charge in [0.1, 0.15) is 0 Å². The Morgan fingerprint density at radius 1 is 0.967 bits per heavy atom. The maximum atomic E-state index is 12.7. The third kappa shape index (κ3) is 2.53. The molecule has 158 valence electrons. The smallest absolute Gasteiger partial charge is 0.310 e. The van der Waals surface area contributed by atoms with Crippen LogP contribution < -0.4 is 23.7 Å². The molecule has 3 aliphatic rings. The summed E-state index contributed by atoms with van der Waals surface area (Å²) in [5, 5.41) is 11.2. The van der Waals surface area contributed by atoms with Crippen LogP contribution in [-0.4, -0.2) is 45.8 Å². The highest BCUT2D eigenvalue weighted by Crippen LogP contribution is 2.58. The Bertz CT molecular complexity index is 1020. The van der Waals surface area contributed by atoms with Gasteiger partial charge in [-0.25, -0.2) is 0 Å². The van der Waals surface area contributed by atoms with Crippen molar-refractivity contribution in [3.8, 4) is 28.7 Å². The molecule has 0 amide bonds. The van der Waals surface area contributed by atoms with Gasteiger partial charge in [-0.1, -0.05) is 6.07 Å². The molecule has 0 saturated carbocycles. The number of esters is 1. The number of aliphatic hydroxyl groups excluding tert-OH is 1. The van der Waals surface area contributed by atoms with Crippen molar-refractivity contribution in [2.45, 2.75) is 12.0 Å². The van der Waals surface area contributed by atoms with Gasteiger partial charge >= 0.3 is 5.97 Å². The molecule has 0 spiro atoms. The van der Waals surface area contributed by atoms with Crippen molar-refractivity contribution < 1.29 is 38.3 Å². The molecule has 1 saturated heterocycles. The molecule has 2 aliphatic heterocycles. The van der Waals surface area contributed by atoms with Gasteiger partial charge in [-0.2, -0.15) is 0 Å². The Labute approximate surface area is 173 Å². The lowest BCUT2D eigenvalue weighted by Crippen LogP contribution is -2.35. The standard InChI is InChI=1S/C22H22O8/c1-25-15-7-11-16(10-4-5-13-14(6-10)30-9-29-13)17-12(8-28-22(17)24)19(23)18(11)21(27-3)20(15)26-2/h4-7,12,16-17,19,23H,8-9H2,1-3H3/t12-,16-,17-,19-/m0/s1. The second-order valence-corrected chi connectivity index (χ2v) is 7.50. The molecule has 0 radical (unpaired) electrons. The normalized spacial score (nSPS) is 25.9. The predicted octanol–water partition coefficient (Wildman–Crippen LogP) is 2.41. The zero-order valence-electron chi connectivity index (χ0n) is 16.8. The SMILES string of the molecule is COc1cc2c(c(OC)c1OC)[C@@H](O)[C@H]1COC(=O)[C@@H]1[C@H]2c1ccc2c(c1)OCO2. The Hall–Kier alpha value is -3.13. The van der Waals surface area contributed by atoms with Gasteiger partial charge in [0, 0.05) is 17.4 Å². The molecule has 8 heteroatoms. The molecule has 0 unspecified atom stereocenters. The van der Waals surface area contributed by atoms with Crippen LogP contribution in [-0.2, 0) is 9.53 Å². The number of aliphatic hydroxyl groups is 1. The van der Waals surface area contributed by atoms with Crippen LogP contribution in [0.3, 0.4) is 0 Å². The van der Waals surface area contributed by atoms with Crippen LogP contribution in [0.4, 0.5) is 0 Å². The molecule has 8 nitrogen and oxygen atoms in total. The molecule has 0 aromatic heterocycles. The van der Waals surface area contributed by atoms with Crippen LogP contribution >= 0.6 is 0 Å². The molecule has 1 N–H and O–H groups in total. The van der Waals surface area contributed by atoms with E-state index in [-0.39, 0.29) is 25.3 Å². The van der Waals surface area contributed by atoms with E-state index in [4.69, 9.17) is 28.4 Å². The van der Waals surface area contributed by atoms with Crippen molar-refractivity contribution >= 4 is 5.97 Å². The van der Waals surface area contributed by atoms with Crippen LogP contribution in [0, 0.1) is 11.8 Å². The summed E-state index contributed by atoms with van der Waals surface area (Å²) in [6.07, 6.45) is -0.948. The van der Waals surface area contributed by atoms with Gasteiger partial charge < -0.3 is 33.5 Å². The minimum atomic E-state index is -0.948. The molecular weight excluding hydrogens is 392 g/mol. The van der Waals surface area contributed by atoms with Crippen molar-refractivity contribution in [1.29, 1.82) is 0 Å². The summed E-state index contributed by atoms with van der Waals surface area (Å²) >= 11 is 0. The highest BCUT2D eigenvalue weighted by atomic mass is 16.7. The second kappa shape index (κ2) is 6.98. The van der Waals surface area contributed by atoms with E-state index < -0.39 is 17.9 Å². The average Bonchev–Trinajstić information content (AvgIpc) is 3.39. The number of carbonyl (C=O) groups excluding carboxylic acids is 1. The van der Waals surface area contributed by atoms with E-state index in [2.05, 4.69) is 0 Å². The van der Waals surface area contributed by atoms with E-state index in [0.29, 0.717) is 34.3 Å². The van der Waals surface area contributed by atoms with Gasteiger partial charge in [-0.05, 0) is 29.3 Å². The van der Waals surface area contributed by atoms with Gasteiger partial charge in [-0.15, -0.1) is 0 Å². The number of benzene rings is 2. The number of rotatable bonds is 4. The summed E-state index contributed by atoms with van der Waals surface area (Å²) < 4.78 is 33.0. The van der Waals surface area contributed by atoms with Gasteiger partial charge in [-0.3, -0.25) is 4.79 Å². The molecule has 0 bridgehead atoms. The summed E-state index contributed by atoms with van der Waals surface area (Å²) in [6.45, 7) is 0.300. The van der Waals surface area contributed by atoms with Gasteiger partial charge in [0.15, 0.2) is 23.0 Å². The largest absolute Gasteiger partial charge is 0.493 e. The Kier molecular flexibility index (Phi) is 4.39. The average molecular weight is 414 g/mol. The molecular formula is C22H22O8. The van der Waals surface area contributed by atoms with Crippen molar-refractivity contribution in [2.75, 3.05) is 34.7 Å². The molecule has 1 fully saturated rings. The van der Waals surface area contributed by atoms with Crippen LogP contribution in [0.1, 0.15) is 28.7 Å². The first-order chi connectivity index (χ1) is 14.6. The van der Waals surface area contributed by atoms with Crippen molar-refractivity contribution in [3.05, 3.63) is 41.0 Å². The van der Waals surface area contributed by atoms with Crippen LogP contribution in [0.2, 0.25) is 0 Å². The lowest BCUT2D eigenvalue weighted by molar-refractivity contribution is -0.141. The number of hydrogen-bond acceptors (Lipinski definition) is 8. The molecule has 4 atom stereocenters. The van der Waals surface area contributed by atoms with Gasteiger partial charge in [0.25, 0.3) is 0 Å². The number of cyclic esters (lactones) is 1. The highest BCUT2D eigenvalue weighted by molar-refractivity contribution is 5.79. The van der Waals surface area contributed by atoms with Crippen LogP contribution in [0.25, 0.3) is 0 Å². The Balaban J connectivity index is 1.77. The molecule has 2 aromatic rings. The minimum absolute atomic E-state index is 0.142. The monoisotopic (exact) mass is 414 g/mol. The third-order valence-electron chi connectivity index (χ3n) is 6.20. The molecule has 2 heterocycles. The maximum absolute atomic E-state index is 12.7. The fourth-order valence-corrected chi connectivity index (χ4v) is 4.88. The number of methoxy groups -OCH3 is 3. The van der Waals surface area contributed by atoms with Crippen molar-refractivity contribution in [2.24, 2.45) is 11.8 Å². The van der Waals surface area contributed by atoms with E-state index in [1.165, 1.54) is 21.3 Å². The summed E-state index contributed by atoms with van der Waals surface area (Å²) in [5.41, 5.74) is 2.17. The van der Waals surface area contributed by atoms with Gasteiger partial charge in [0.05, 0.1) is 40.0 Å². The van der Waals surface area contributed by atoms with E-state index in [1.807, 2.05) is 18.2 Å². The zero-order chi connectivity index (χ0) is 21.0. The first kappa shape index (κ1) is 18.9. The summed E-state index contributed by atoms with van der Waals surface area (Å²) in [4.78, 5) is 12.7. The second-order valence-electron chi connectivity index (χ2n) is 7.50. The number of fused-ring (bicyclic) bond motifs is 3. The summed E-state index contributed by atoms with van der Waals surface area (Å²) in [5.74, 6) is 0.848. The first-order valence-corrected chi connectivity index (χ1v) is 9.66. The highest BCUT2D eigenvalue weighted by Gasteiger charge is 2.53. The van der Waals surface area contributed by atoms with E-state index in [9.17, 15) is 9.90 Å². The van der Waals surface area contributed by atoms with Crippen molar-refractivity contribution in [1.82, 2.24) is 0 Å². The fourth-order valence-electron chi connectivity index (χ4n) is 4.88. The van der Waals surface area contributed by atoms with E-state index in [1.54, 1.807) is 6.07 Å². The van der Waals surface area contributed by atoms with Crippen LogP contribution in [0.5, 0.6) is 28.7 Å². The third-order valence-corrected chi connectivity index (χ3v) is 6.20. The Morgan fingerprint density at radius 3 is 2.47 bits per heavy atom. The maximum Gasteiger partial charge on any atom is 0.310 e. The first-order valence-electron chi connectivity index (χ1n) is 9.66. The minimum Gasteiger partial charge on any atom is -0.493 e. The number of carbonyl (C=O) groups is 1. The van der Waals surface area contributed by atoms with Crippen LogP contribution in [0.15, 0.2) is 24.3 Å². The predicted molar refractivity (Wildman–Crippen MR) is 103 cm³/mol.